The number of aromatic amines is 1. The number of aromatic nitrogens is 1. The molecular formula is C18H15FN2O3. The van der Waals surface area contributed by atoms with E-state index in [0.29, 0.717) is 22.5 Å². The van der Waals surface area contributed by atoms with E-state index >= 15 is 0 Å². The second-order valence-electron chi connectivity index (χ2n) is 5.13. The molecule has 1 amide bonds. The Hall–Kier alpha value is -3.15. The molecule has 3 aromatic rings. The first-order valence-electron chi connectivity index (χ1n) is 7.44. The molecule has 0 atom stereocenters. The number of halogens is 1. The fourth-order valence-electron chi connectivity index (χ4n) is 2.47. The van der Waals surface area contributed by atoms with Gasteiger partial charge in [-0.2, -0.15) is 0 Å². The molecule has 6 heteroatoms. The molecule has 3 rings (SSSR count). The monoisotopic (exact) mass is 326 g/mol. The number of rotatable bonds is 3. The van der Waals surface area contributed by atoms with Crippen molar-refractivity contribution in [2.75, 3.05) is 11.9 Å². The fraction of sp³-hybridized carbons (Fsp3) is 0.111. The summed E-state index contributed by atoms with van der Waals surface area (Å²) < 4.78 is 18.2. The van der Waals surface area contributed by atoms with Crippen LogP contribution in [0.5, 0.6) is 0 Å². The number of hydrogen-bond donors (Lipinski definition) is 2. The van der Waals surface area contributed by atoms with Gasteiger partial charge in [-0.05, 0) is 31.2 Å². The SMILES string of the molecule is CCOC(=O)Nc1ccccc1-c1cc(=O)c2cc(F)ccc2[nH]1. The maximum absolute atomic E-state index is 13.3. The van der Waals surface area contributed by atoms with Crippen molar-refractivity contribution in [3.63, 3.8) is 0 Å². The lowest BCUT2D eigenvalue weighted by atomic mass is 10.1. The molecule has 0 bridgehead atoms. The van der Waals surface area contributed by atoms with Gasteiger partial charge in [0.05, 0.1) is 18.0 Å². The second-order valence-corrected chi connectivity index (χ2v) is 5.13. The van der Waals surface area contributed by atoms with Crippen LogP contribution in [0.2, 0.25) is 0 Å². The minimum atomic E-state index is -0.574. The summed E-state index contributed by atoms with van der Waals surface area (Å²) in [6.07, 6.45) is -0.574. The summed E-state index contributed by atoms with van der Waals surface area (Å²) in [6, 6.07) is 12.4. The number of carbonyl (C=O) groups excluding carboxylic acids is 1. The van der Waals surface area contributed by atoms with Gasteiger partial charge >= 0.3 is 6.09 Å². The first-order chi connectivity index (χ1) is 11.6. The number of benzene rings is 2. The number of amides is 1. The van der Waals surface area contributed by atoms with Crippen molar-refractivity contribution >= 4 is 22.7 Å². The van der Waals surface area contributed by atoms with E-state index in [0.717, 1.165) is 0 Å². The maximum atomic E-state index is 13.3. The zero-order valence-corrected chi connectivity index (χ0v) is 12.9. The lowest BCUT2D eigenvalue weighted by molar-refractivity contribution is 0.168. The summed E-state index contributed by atoms with van der Waals surface area (Å²) in [5, 5.41) is 2.92. The number of para-hydroxylation sites is 1. The van der Waals surface area contributed by atoms with Crippen LogP contribution < -0.4 is 10.7 Å². The standard InChI is InChI=1S/C18H15FN2O3/c1-2-24-18(23)21-14-6-4-3-5-12(14)16-10-17(22)13-9-11(19)7-8-15(13)20-16/h3-10H,2H2,1H3,(H,20,22)(H,21,23). The van der Waals surface area contributed by atoms with Gasteiger partial charge in [-0.3, -0.25) is 10.1 Å². The molecule has 5 nitrogen and oxygen atoms in total. The highest BCUT2D eigenvalue weighted by Gasteiger charge is 2.11. The second kappa shape index (κ2) is 6.54. The van der Waals surface area contributed by atoms with Crippen LogP contribution in [-0.2, 0) is 4.74 Å². The lowest BCUT2D eigenvalue weighted by Crippen LogP contribution is -2.14. The van der Waals surface area contributed by atoms with E-state index in [1.807, 2.05) is 0 Å². The van der Waals surface area contributed by atoms with Gasteiger partial charge in [-0.25, -0.2) is 9.18 Å². The Morgan fingerprint density at radius 1 is 1.21 bits per heavy atom. The Balaban J connectivity index is 2.09. The molecule has 0 aliphatic rings. The third-order valence-electron chi connectivity index (χ3n) is 3.52. The highest BCUT2D eigenvalue weighted by Crippen LogP contribution is 2.27. The van der Waals surface area contributed by atoms with Gasteiger partial charge in [0.25, 0.3) is 0 Å². The molecule has 0 unspecified atom stereocenters. The minimum absolute atomic E-state index is 0.256. The molecule has 1 heterocycles. The van der Waals surface area contributed by atoms with E-state index in [1.54, 1.807) is 31.2 Å². The number of ether oxygens (including phenoxy) is 1. The van der Waals surface area contributed by atoms with Crippen molar-refractivity contribution in [3.05, 3.63) is 64.6 Å². The van der Waals surface area contributed by atoms with Crippen LogP contribution in [0.4, 0.5) is 14.9 Å². The van der Waals surface area contributed by atoms with Gasteiger partial charge in [0.1, 0.15) is 5.82 Å². The zero-order chi connectivity index (χ0) is 17.1. The van der Waals surface area contributed by atoms with Crippen molar-refractivity contribution < 1.29 is 13.9 Å². The Labute approximate surface area is 137 Å². The highest BCUT2D eigenvalue weighted by molar-refractivity contribution is 5.92. The van der Waals surface area contributed by atoms with Crippen molar-refractivity contribution in [1.82, 2.24) is 4.98 Å². The number of anilines is 1. The van der Waals surface area contributed by atoms with E-state index in [4.69, 9.17) is 4.74 Å². The smallest absolute Gasteiger partial charge is 0.411 e. The Morgan fingerprint density at radius 3 is 2.79 bits per heavy atom. The Kier molecular flexibility index (Phi) is 4.29. The summed E-state index contributed by atoms with van der Waals surface area (Å²) in [6.45, 7) is 1.97. The van der Waals surface area contributed by atoms with Crippen LogP contribution in [0.15, 0.2) is 53.3 Å². The molecule has 0 aliphatic carbocycles. The molecule has 0 spiro atoms. The van der Waals surface area contributed by atoms with Gasteiger partial charge in [-0.1, -0.05) is 18.2 Å². The summed E-state index contributed by atoms with van der Waals surface area (Å²) in [5.41, 5.74) is 1.88. The number of carbonyl (C=O) groups is 1. The third kappa shape index (κ3) is 3.12. The van der Waals surface area contributed by atoms with Gasteiger partial charge in [-0.15, -0.1) is 0 Å². The van der Waals surface area contributed by atoms with Crippen molar-refractivity contribution in [3.8, 4) is 11.3 Å². The first kappa shape index (κ1) is 15.7. The van der Waals surface area contributed by atoms with Crippen LogP contribution >= 0.6 is 0 Å². The molecule has 0 radical (unpaired) electrons. The average Bonchev–Trinajstić information content (AvgIpc) is 2.56. The van der Waals surface area contributed by atoms with Crippen molar-refractivity contribution in [2.45, 2.75) is 6.92 Å². The fourth-order valence-corrected chi connectivity index (χ4v) is 2.47. The molecule has 2 aromatic carbocycles. The molecule has 2 N–H and O–H groups in total. The van der Waals surface area contributed by atoms with E-state index in [9.17, 15) is 14.0 Å². The topological polar surface area (TPSA) is 71.2 Å². The van der Waals surface area contributed by atoms with Gasteiger partial charge in [0.2, 0.25) is 0 Å². The number of pyridine rings is 1. The molecule has 0 fully saturated rings. The predicted octanol–water partition coefficient (Wildman–Crippen LogP) is 3.90. The van der Waals surface area contributed by atoms with E-state index in [1.165, 1.54) is 24.3 Å². The molecule has 122 valence electrons. The molecule has 24 heavy (non-hydrogen) atoms. The van der Waals surface area contributed by atoms with E-state index < -0.39 is 11.9 Å². The number of H-pyrrole nitrogens is 1. The average molecular weight is 326 g/mol. The van der Waals surface area contributed by atoms with E-state index in [2.05, 4.69) is 10.3 Å². The molecule has 0 saturated carbocycles. The molecule has 1 aromatic heterocycles. The van der Waals surface area contributed by atoms with Crippen LogP contribution in [0.25, 0.3) is 22.2 Å². The number of fused-ring (bicyclic) bond motifs is 1. The van der Waals surface area contributed by atoms with Crippen LogP contribution in [0.1, 0.15) is 6.92 Å². The molecular weight excluding hydrogens is 311 g/mol. The zero-order valence-electron chi connectivity index (χ0n) is 12.9. The quantitative estimate of drug-likeness (QED) is 0.767. The maximum Gasteiger partial charge on any atom is 0.411 e. The molecule has 0 aliphatic heterocycles. The van der Waals surface area contributed by atoms with E-state index in [-0.39, 0.29) is 17.4 Å². The van der Waals surface area contributed by atoms with Gasteiger partial charge in [0.15, 0.2) is 5.43 Å². The Morgan fingerprint density at radius 2 is 2.00 bits per heavy atom. The summed E-state index contributed by atoms with van der Waals surface area (Å²) in [7, 11) is 0. The van der Waals surface area contributed by atoms with Gasteiger partial charge < -0.3 is 9.72 Å². The lowest BCUT2D eigenvalue weighted by Gasteiger charge is -2.11. The Bertz CT molecular complexity index is 966. The minimum Gasteiger partial charge on any atom is -0.450 e. The normalized spacial score (nSPS) is 10.6. The van der Waals surface area contributed by atoms with Crippen LogP contribution in [0.3, 0.4) is 0 Å². The third-order valence-corrected chi connectivity index (χ3v) is 3.52. The van der Waals surface area contributed by atoms with Crippen molar-refractivity contribution in [1.29, 1.82) is 0 Å². The highest BCUT2D eigenvalue weighted by atomic mass is 19.1. The van der Waals surface area contributed by atoms with Crippen LogP contribution in [0, 0.1) is 5.82 Å². The van der Waals surface area contributed by atoms with Crippen molar-refractivity contribution in [2.24, 2.45) is 0 Å². The summed E-state index contributed by atoms with van der Waals surface area (Å²) >= 11 is 0. The first-order valence-corrected chi connectivity index (χ1v) is 7.44. The number of nitrogens with one attached hydrogen (secondary N) is 2. The predicted molar refractivity (Wildman–Crippen MR) is 90.6 cm³/mol. The van der Waals surface area contributed by atoms with Gasteiger partial charge in [0, 0.05) is 22.5 Å². The summed E-state index contributed by atoms with van der Waals surface area (Å²) in [5.74, 6) is -0.467. The molecule has 0 saturated heterocycles. The van der Waals surface area contributed by atoms with Crippen LogP contribution in [-0.4, -0.2) is 17.7 Å². The largest absolute Gasteiger partial charge is 0.450 e. The summed E-state index contributed by atoms with van der Waals surface area (Å²) in [4.78, 5) is 27.0. The number of hydrogen-bond acceptors (Lipinski definition) is 3.